The number of sulfonamides is 1. The van der Waals surface area contributed by atoms with Gasteiger partial charge in [0.25, 0.3) is 10.0 Å². The third-order valence-corrected chi connectivity index (χ3v) is 9.54. The van der Waals surface area contributed by atoms with Crippen molar-refractivity contribution in [3.63, 3.8) is 0 Å². The number of carbonyl (C=O) groups excluding carboxylic acids is 2. The summed E-state index contributed by atoms with van der Waals surface area (Å²) in [6.45, 7) is 10.8. The van der Waals surface area contributed by atoms with E-state index in [4.69, 9.17) is 11.6 Å². The summed E-state index contributed by atoms with van der Waals surface area (Å²) in [5.41, 5.74) is 3.94. The Balaban J connectivity index is 1.85. The molecule has 7 nitrogen and oxygen atoms in total. The number of benzene rings is 4. The van der Waals surface area contributed by atoms with Crippen LogP contribution in [-0.2, 0) is 32.6 Å². The summed E-state index contributed by atoms with van der Waals surface area (Å²) in [4.78, 5) is 30.2. The van der Waals surface area contributed by atoms with Crippen LogP contribution in [0.5, 0.6) is 0 Å². The maximum atomic E-state index is 14.7. The standard InChI is InChI=1S/C37H42ClN3O4S/c1-26-15-19-32(20-16-26)46(44,45)41(33-23-31(38)18-17-28(33)3)25-35(42)40(24-30-14-10-11-27(2)21-30)34(36(43)39-37(4,5)6)22-29-12-8-7-9-13-29/h7-21,23,34H,22,24-25H2,1-6H3,(H,39,43). The number of halogens is 1. The smallest absolute Gasteiger partial charge is 0.264 e. The molecule has 0 aliphatic rings. The zero-order chi connectivity index (χ0) is 33.6. The van der Waals surface area contributed by atoms with E-state index in [-0.39, 0.29) is 29.5 Å². The average Bonchev–Trinajstić information content (AvgIpc) is 2.98. The molecule has 0 spiro atoms. The molecule has 0 radical (unpaired) electrons. The molecule has 0 aliphatic carbocycles. The van der Waals surface area contributed by atoms with Crippen molar-refractivity contribution in [2.24, 2.45) is 0 Å². The van der Waals surface area contributed by atoms with Gasteiger partial charge in [0.15, 0.2) is 0 Å². The number of nitrogens with one attached hydrogen (secondary N) is 1. The predicted molar refractivity (Wildman–Crippen MR) is 185 cm³/mol. The number of carbonyl (C=O) groups is 2. The highest BCUT2D eigenvalue weighted by Gasteiger charge is 2.36. The van der Waals surface area contributed by atoms with Gasteiger partial charge in [-0.2, -0.15) is 0 Å². The largest absolute Gasteiger partial charge is 0.350 e. The minimum absolute atomic E-state index is 0.0434. The van der Waals surface area contributed by atoms with Gasteiger partial charge in [-0.05, 0) is 82.5 Å². The Kier molecular flexibility index (Phi) is 11.0. The lowest BCUT2D eigenvalue weighted by Crippen LogP contribution is -2.56. The summed E-state index contributed by atoms with van der Waals surface area (Å²) < 4.78 is 29.7. The molecule has 1 unspecified atom stereocenters. The fourth-order valence-corrected chi connectivity index (χ4v) is 6.85. The molecule has 0 aromatic heterocycles. The van der Waals surface area contributed by atoms with Gasteiger partial charge in [0.1, 0.15) is 12.6 Å². The van der Waals surface area contributed by atoms with Gasteiger partial charge < -0.3 is 10.2 Å². The third-order valence-electron chi connectivity index (χ3n) is 7.53. The first kappa shape index (κ1) is 34.7. The molecular weight excluding hydrogens is 618 g/mol. The molecule has 9 heteroatoms. The van der Waals surface area contributed by atoms with Crippen LogP contribution in [0.4, 0.5) is 5.69 Å². The highest BCUT2D eigenvalue weighted by Crippen LogP contribution is 2.30. The van der Waals surface area contributed by atoms with Crippen molar-refractivity contribution in [1.82, 2.24) is 10.2 Å². The van der Waals surface area contributed by atoms with Gasteiger partial charge >= 0.3 is 0 Å². The maximum Gasteiger partial charge on any atom is 0.264 e. The first-order valence-electron chi connectivity index (χ1n) is 15.2. The molecule has 4 aromatic rings. The Morgan fingerprint density at radius 2 is 1.46 bits per heavy atom. The van der Waals surface area contributed by atoms with Crippen LogP contribution in [0.3, 0.4) is 0 Å². The summed E-state index contributed by atoms with van der Waals surface area (Å²) in [5, 5.41) is 3.39. The first-order valence-corrected chi connectivity index (χ1v) is 17.0. The minimum Gasteiger partial charge on any atom is -0.350 e. The Bertz CT molecular complexity index is 1790. The fourth-order valence-electron chi connectivity index (χ4n) is 5.22. The second-order valence-corrected chi connectivity index (χ2v) is 15.0. The summed E-state index contributed by atoms with van der Waals surface area (Å²) in [5.74, 6) is -0.856. The molecule has 1 N–H and O–H groups in total. The lowest BCUT2D eigenvalue weighted by atomic mass is 10.0. The van der Waals surface area contributed by atoms with E-state index in [1.54, 1.807) is 37.3 Å². The van der Waals surface area contributed by atoms with Crippen LogP contribution >= 0.6 is 11.6 Å². The summed E-state index contributed by atoms with van der Waals surface area (Å²) in [7, 11) is -4.23. The molecule has 46 heavy (non-hydrogen) atoms. The van der Waals surface area contributed by atoms with Gasteiger partial charge in [0, 0.05) is 23.5 Å². The average molecular weight is 660 g/mol. The highest BCUT2D eigenvalue weighted by molar-refractivity contribution is 7.92. The van der Waals surface area contributed by atoms with Crippen molar-refractivity contribution in [2.45, 2.75) is 71.0 Å². The number of nitrogens with zero attached hydrogens (tertiary/aromatic N) is 2. The van der Waals surface area contributed by atoms with Crippen molar-refractivity contribution < 1.29 is 18.0 Å². The molecule has 0 saturated carbocycles. The van der Waals surface area contributed by atoms with E-state index in [0.717, 1.165) is 26.6 Å². The fraction of sp³-hybridized carbons (Fsp3) is 0.297. The molecule has 0 aliphatic heterocycles. The van der Waals surface area contributed by atoms with Crippen molar-refractivity contribution in [1.29, 1.82) is 0 Å². The molecule has 0 bridgehead atoms. The lowest BCUT2D eigenvalue weighted by Gasteiger charge is -2.35. The van der Waals surface area contributed by atoms with E-state index < -0.39 is 34.1 Å². The molecule has 0 saturated heterocycles. The Morgan fingerprint density at radius 1 is 0.804 bits per heavy atom. The Hall–Kier alpha value is -4.14. The van der Waals surface area contributed by atoms with Crippen LogP contribution < -0.4 is 9.62 Å². The summed E-state index contributed by atoms with van der Waals surface area (Å²) >= 11 is 6.37. The van der Waals surface area contributed by atoms with Crippen molar-refractivity contribution in [3.05, 3.63) is 130 Å². The number of hydrogen-bond donors (Lipinski definition) is 1. The number of amides is 2. The molecular formula is C37H42ClN3O4S. The van der Waals surface area contributed by atoms with Crippen molar-refractivity contribution in [2.75, 3.05) is 10.8 Å². The lowest BCUT2D eigenvalue weighted by molar-refractivity contribution is -0.140. The first-order chi connectivity index (χ1) is 21.6. The Labute approximate surface area is 278 Å². The van der Waals surface area contributed by atoms with Gasteiger partial charge in [0.05, 0.1) is 10.6 Å². The Morgan fingerprint density at radius 3 is 2.09 bits per heavy atom. The van der Waals surface area contributed by atoms with Crippen LogP contribution in [0, 0.1) is 20.8 Å². The van der Waals surface area contributed by atoms with Crippen LogP contribution in [0.25, 0.3) is 0 Å². The van der Waals surface area contributed by atoms with E-state index in [9.17, 15) is 18.0 Å². The molecule has 242 valence electrons. The number of anilines is 1. The number of hydrogen-bond acceptors (Lipinski definition) is 4. The molecule has 2 amide bonds. The van der Waals surface area contributed by atoms with Gasteiger partial charge in [-0.15, -0.1) is 0 Å². The molecule has 0 fully saturated rings. The maximum absolute atomic E-state index is 14.7. The molecule has 0 heterocycles. The van der Waals surface area contributed by atoms with Gasteiger partial charge in [-0.3, -0.25) is 13.9 Å². The second-order valence-electron chi connectivity index (χ2n) is 12.7. The van der Waals surface area contributed by atoms with Gasteiger partial charge in [0.2, 0.25) is 11.8 Å². The van der Waals surface area contributed by atoms with E-state index in [1.807, 2.05) is 89.2 Å². The van der Waals surface area contributed by atoms with Gasteiger partial charge in [-0.1, -0.05) is 95.5 Å². The quantitative estimate of drug-likeness (QED) is 0.188. The van der Waals surface area contributed by atoms with Crippen LogP contribution in [0.15, 0.2) is 102 Å². The highest BCUT2D eigenvalue weighted by atomic mass is 35.5. The SMILES string of the molecule is Cc1ccc(S(=O)(=O)N(CC(=O)N(Cc2cccc(C)c2)C(Cc2ccccc2)C(=O)NC(C)(C)C)c2cc(Cl)ccc2C)cc1. The van der Waals surface area contributed by atoms with E-state index >= 15 is 0 Å². The molecule has 4 rings (SSSR count). The van der Waals surface area contributed by atoms with Crippen LogP contribution in [0.2, 0.25) is 5.02 Å². The monoisotopic (exact) mass is 659 g/mol. The summed E-state index contributed by atoms with van der Waals surface area (Å²) in [6.07, 6.45) is 0.237. The molecule has 1 atom stereocenters. The minimum atomic E-state index is -4.23. The second kappa shape index (κ2) is 14.5. The van der Waals surface area contributed by atoms with Crippen molar-refractivity contribution >= 4 is 39.1 Å². The van der Waals surface area contributed by atoms with Crippen molar-refractivity contribution in [3.8, 4) is 0 Å². The number of rotatable bonds is 11. The van der Waals surface area contributed by atoms with Gasteiger partial charge in [-0.25, -0.2) is 8.42 Å². The zero-order valence-electron chi connectivity index (χ0n) is 27.2. The third kappa shape index (κ3) is 8.98. The van der Waals surface area contributed by atoms with Crippen LogP contribution in [0.1, 0.15) is 48.6 Å². The van der Waals surface area contributed by atoms with E-state index in [0.29, 0.717) is 10.6 Å². The van der Waals surface area contributed by atoms with E-state index in [2.05, 4.69) is 5.32 Å². The predicted octanol–water partition coefficient (Wildman–Crippen LogP) is 7.02. The zero-order valence-corrected chi connectivity index (χ0v) is 28.8. The normalized spacial score (nSPS) is 12.3. The van der Waals surface area contributed by atoms with E-state index in [1.165, 1.54) is 17.0 Å². The summed E-state index contributed by atoms with van der Waals surface area (Å²) in [6, 6.07) is 27.7. The topological polar surface area (TPSA) is 86.8 Å². The van der Waals surface area contributed by atoms with Crippen LogP contribution in [-0.4, -0.2) is 43.3 Å². The molecule has 4 aromatic carbocycles. The number of aryl methyl sites for hydroxylation is 3.